The molecule has 0 atom stereocenters. The number of hydrogen-bond donors (Lipinski definition) is 5. The quantitative estimate of drug-likeness (QED) is 0.407. The Labute approximate surface area is 83.0 Å². The topological polar surface area (TPSA) is 83.5 Å². The lowest BCUT2D eigenvalue weighted by molar-refractivity contribution is -0.140. The smallest absolute Gasteiger partial charge is 0.308 e. The molecule has 0 aliphatic rings. The van der Waals surface area contributed by atoms with Crippen molar-refractivity contribution in [2.75, 3.05) is 24.7 Å². The van der Waals surface area contributed by atoms with Crippen molar-refractivity contribution in [2.24, 2.45) is 11.7 Å². The number of rotatable bonds is 4. The summed E-state index contributed by atoms with van der Waals surface area (Å²) in [5.41, 5.74) is 4.78. The lowest BCUT2D eigenvalue weighted by Crippen LogP contribution is -2.16. The molecule has 4 nitrogen and oxygen atoms in total. The molecule has 0 aliphatic carbocycles. The van der Waals surface area contributed by atoms with Crippen molar-refractivity contribution in [3.8, 4) is 0 Å². The second kappa shape index (κ2) is 11.1. The van der Waals surface area contributed by atoms with Gasteiger partial charge in [-0.05, 0) is 0 Å². The Hall–Kier alpha value is 0.0900. The third-order valence-corrected chi connectivity index (χ3v) is 1.80. The van der Waals surface area contributed by atoms with Crippen molar-refractivity contribution in [2.45, 2.75) is 0 Å². The van der Waals surface area contributed by atoms with Gasteiger partial charge in [0.25, 0.3) is 0 Å². The molecule has 74 valence electrons. The van der Waals surface area contributed by atoms with Crippen molar-refractivity contribution in [3.63, 3.8) is 0 Å². The predicted octanol–water partition coefficient (Wildman–Crippen LogP) is -0.516. The number of aliphatic hydroxyl groups is 1. The molecule has 0 fully saturated rings. The molecule has 0 aliphatic heterocycles. The highest BCUT2D eigenvalue weighted by atomic mass is 32.1. The van der Waals surface area contributed by atoms with E-state index in [1.54, 1.807) is 0 Å². The SMILES string of the molecule is NCCO.O=C(O)C(CS)CS. The maximum atomic E-state index is 10.1. The van der Waals surface area contributed by atoms with E-state index in [2.05, 4.69) is 25.3 Å². The average molecular weight is 213 g/mol. The van der Waals surface area contributed by atoms with Gasteiger partial charge in [-0.1, -0.05) is 0 Å². The molecule has 0 aromatic carbocycles. The van der Waals surface area contributed by atoms with Gasteiger partial charge in [0.1, 0.15) is 0 Å². The fraction of sp³-hybridized carbons (Fsp3) is 0.833. The number of aliphatic carboxylic acids is 1. The van der Waals surface area contributed by atoms with Crippen LogP contribution in [-0.2, 0) is 4.79 Å². The van der Waals surface area contributed by atoms with Gasteiger partial charge in [0, 0.05) is 18.1 Å². The summed E-state index contributed by atoms with van der Waals surface area (Å²) in [6.45, 7) is 0.472. The van der Waals surface area contributed by atoms with E-state index in [1.165, 1.54) is 0 Å². The Bertz CT molecular complexity index is 107. The molecule has 0 aromatic heterocycles. The molecule has 0 rings (SSSR count). The van der Waals surface area contributed by atoms with E-state index < -0.39 is 11.9 Å². The highest BCUT2D eigenvalue weighted by Crippen LogP contribution is 2.00. The highest BCUT2D eigenvalue weighted by Gasteiger charge is 2.11. The molecule has 0 unspecified atom stereocenters. The Morgan fingerprint density at radius 1 is 1.42 bits per heavy atom. The molecule has 0 bridgehead atoms. The van der Waals surface area contributed by atoms with Gasteiger partial charge in [-0.3, -0.25) is 4.79 Å². The first-order chi connectivity index (χ1) is 5.63. The summed E-state index contributed by atoms with van der Waals surface area (Å²) in [7, 11) is 0. The number of aliphatic hydroxyl groups excluding tert-OH is 1. The van der Waals surface area contributed by atoms with Crippen LogP contribution in [0.5, 0.6) is 0 Å². The van der Waals surface area contributed by atoms with Crippen LogP contribution in [0.4, 0.5) is 0 Å². The number of carboxylic acid groups (broad SMARTS) is 1. The molecule has 12 heavy (non-hydrogen) atoms. The number of carboxylic acids is 1. The lowest BCUT2D eigenvalue weighted by Gasteiger charge is -2.01. The first-order valence-corrected chi connectivity index (χ1v) is 4.65. The number of nitrogens with two attached hydrogens (primary N) is 1. The van der Waals surface area contributed by atoms with Crippen molar-refractivity contribution < 1.29 is 15.0 Å². The van der Waals surface area contributed by atoms with Crippen LogP contribution in [0.25, 0.3) is 0 Å². The van der Waals surface area contributed by atoms with Gasteiger partial charge in [-0.25, -0.2) is 0 Å². The third-order valence-electron chi connectivity index (χ3n) is 0.919. The van der Waals surface area contributed by atoms with Crippen LogP contribution in [0.15, 0.2) is 0 Å². The molecule has 0 heterocycles. The molecular formula is C6H15NO3S2. The fourth-order valence-electron chi connectivity index (χ4n) is 0.214. The van der Waals surface area contributed by atoms with Crippen LogP contribution < -0.4 is 5.73 Å². The van der Waals surface area contributed by atoms with Gasteiger partial charge in [0.2, 0.25) is 0 Å². The summed E-state index contributed by atoms with van der Waals surface area (Å²) >= 11 is 7.61. The maximum absolute atomic E-state index is 10.1. The fourth-order valence-corrected chi connectivity index (χ4v) is 0.988. The predicted molar refractivity (Wildman–Crippen MR) is 55.0 cm³/mol. The highest BCUT2D eigenvalue weighted by molar-refractivity contribution is 7.81. The van der Waals surface area contributed by atoms with Crippen molar-refractivity contribution in [1.82, 2.24) is 0 Å². The van der Waals surface area contributed by atoms with Crippen LogP contribution in [0.3, 0.4) is 0 Å². The van der Waals surface area contributed by atoms with E-state index >= 15 is 0 Å². The van der Waals surface area contributed by atoms with E-state index in [9.17, 15) is 4.79 Å². The number of hydrogen-bond acceptors (Lipinski definition) is 5. The van der Waals surface area contributed by atoms with Gasteiger partial charge in [0.15, 0.2) is 0 Å². The van der Waals surface area contributed by atoms with Crippen molar-refractivity contribution >= 4 is 31.2 Å². The van der Waals surface area contributed by atoms with Gasteiger partial charge in [-0.2, -0.15) is 25.3 Å². The van der Waals surface area contributed by atoms with Gasteiger partial charge >= 0.3 is 5.97 Å². The first-order valence-electron chi connectivity index (χ1n) is 3.39. The van der Waals surface area contributed by atoms with Crippen LogP contribution >= 0.6 is 25.3 Å². The molecular weight excluding hydrogens is 198 g/mol. The normalized spacial score (nSPS) is 9.08. The molecule has 6 heteroatoms. The molecule has 0 saturated heterocycles. The van der Waals surface area contributed by atoms with E-state index in [0.29, 0.717) is 18.1 Å². The van der Waals surface area contributed by atoms with Crippen LogP contribution in [0.2, 0.25) is 0 Å². The van der Waals surface area contributed by atoms with Gasteiger partial charge in [0.05, 0.1) is 12.5 Å². The van der Waals surface area contributed by atoms with Crippen LogP contribution in [0.1, 0.15) is 0 Å². The van der Waals surface area contributed by atoms with E-state index in [4.69, 9.17) is 15.9 Å². The van der Waals surface area contributed by atoms with Crippen molar-refractivity contribution in [1.29, 1.82) is 0 Å². The second-order valence-corrected chi connectivity index (χ2v) is 2.64. The standard InChI is InChI=1S/C4H8O2S2.C2H7NO/c5-4(6)3(1-7)2-8;3-1-2-4/h3,7-8H,1-2H2,(H,5,6);4H,1-3H2. The van der Waals surface area contributed by atoms with Gasteiger partial charge < -0.3 is 15.9 Å². The Morgan fingerprint density at radius 2 is 1.75 bits per heavy atom. The van der Waals surface area contributed by atoms with Crippen molar-refractivity contribution in [3.05, 3.63) is 0 Å². The third kappa shape index (κ3) is 10.1. The average Bonchev–Trinajstić information content (AvgIpc) is 2.07. The molecule has 0 aromatic rings. The Morgan fingerprint density at radius 3 is 1.75 bits per heavy atom. The Kier molecular flexibility index (Phi) is 13.5. The van der Waals surface area contributed by atoms with E-state index in [1.807, 2.05) is 0 Å². The zero-order chi connectivity index (χ0) is 9.98. The monoisotopic (exact) mass is 213 g/mol. The largest absolute Gasteiger partial charge is 0.481 e. The first kappa shape index (κ1) is 14.6. The van der Waals surface area contributed by atoms with E-state index in [0.717, 1.165) is 0 Å². The minimum absolute atomic E-state index is 0.0972. The minimum Gasteiger partial charge on any atom is -0.481 e. The molecule has 0 radical (unpaired) electrons. The second-order valence-electron chi connectivity index (χ2n) is 1.91. The molecule has 4 N–H and O–H groups in total. The minimum atomic E-state index is -0.824. The van der Waals surface area contributed by atoms with Crippen LogP contribution in [0, 0.1) is 5.92 Å². The van der Waals surface area contributed by atoms with Gasteiger partial charge in [-0.15, -0.1) is 0 Å². The molecule has 0 saturated carbocycles. The summed E-state index contributed by atoms with van der Waals surface area (Å²) in [5.74, 6) is -0.505. The Balaban J connectivity index is 0. The summed E-state index contributed by atoms with van der Waals surface area (Å²) in [6.07, 6.45) is 0. The zero-order valence-corrected chi connectivity index (χ0v) is 8.47. The van der Waals surface area contributed by atoms with Crippen LogP contribution in [-0.4, -0.2) is 40.8 Å². The lowest BCUT2D eigenvalue weighted by atomic mass is 10.2. The maximum Gasteiger partial charge on any atom is 0.308 e. The van der Waals surface area contributed by atoms with E-state index in [-0.39, 0.29) is 6.61 Å². The number of carbonyl (C=O) groups is 1. The zero-order valence-electron chi connectivity index (χ0n) is 6.68. The number of thiol groups is 2. The molecule has 0 amide bonds. The summed E-state index contributed by atoms with van der Waals surface area (Å²) in [5, 5.41) is 16.0. The summed E-state index contributed by atoms with van der Waals surface area (Å²) < 4.78 is 0. The molecule has 0 spiro atoms. The summed E-state index contributed by atoms with van der Waals surface area (Å²) in [4.78, 5) is 10.1. The summed E-state index contributed by atoms with van der Waals surface area (Å²) in [6, 6.07) is 0.